The van der Waals surface area contributed by atoms with Crippen molar-refractivity contribution in [3.63, 3.8) is 0 Å². The van der Waals surface area contributed by atoms with E-state index in [-0.39, 0.29) is 0 Å². The van der Waals surface area contributed by atoms with E-state index < -0.39 is 0 Å². The lowest BCUT2D eigenvalue weighted by Gasteiger charge is -2.34. The summed E-state index contributed by atoms with van der Waals surface area (Å²) in [7, 11) is 1.68. The van der Waals surface area contributed by atoms with Crippen molar-refractivity contribution in [1.82, 2.24) is 4.90 Å². The molecule has 0 radical (unpaired) electrons. The molecule has 2 N–H and O–H groups in total. The van der Waals surface area contributed by atoms with Gasteiger partial charge < -0.3 is 10.5 Å². The lowest BCUT2D eigenvalue weighted by molar-refractivity contribution is 0.223. The molecule has 1 heterocycles. The van der Waals surface area contributed by atoms with Crippen molar-refractivity contribution in [2.75, 3.05) is 38.2 Å². The van der Waals surface area contributed by atoms with Gasteiger partial charge in [-0.05, 0) is 33.6 Å². The summed E-state index contributed by atoms with van der Waals surface area (Å²) in [6, 6.07) is 6.55. The van der Waals surface area contributed by atoms with Gasteiger partial charge in [-0.25, -0.2) is 0 Å². The summed E-state index contributed by atoms with van der Waals surface area (Å²) < 4.78 is 6.26. The molecular weight excluding hydrogens is 312 g/mol. The van der Waals surface area contributed by atoms with E-state index in [1.807, 2.05) is 17.8 Å². The van der Waals surface area contributed by atoms with E-state index >= 15 is 0 Å². The van der Waals surface area contributed by atoms with Crippen molar-refractivity contribution in [3.05, 3.63) is 28.2 Å². The average Bonchev–Trinajstić information content (AvgIpc) is 2.41. The minimum absolute atomic E-state index is 0.313. The molecule has 0 bridgehead atoms. The van der Waals surface area contributed by atoms with Gasteiger partial charge >= 0.3 is 0 Å². The molecule has 0 spiro atoms. The number of hydrogen-bond acceptors (Lipinski definition) is 4. The number of hydrogen-bond donors (Lipinski definition) is 1. The molecule has 1 aromatic rings. The second-order valence-corrected chi connectivity index (χ2v) is 6.37. The predicted octanol–water partition coefficient (Wildman–Crippen LogP) is 2.51. The van der Waals surface area contributed by atoms with Gasteiger partial charge in [0.05, 0.1) is 11.6 Å². The van der Waals surface area contributed by atoms with Crippen molar-refractivity contribution >= 4 is 27.7 Å². The summed E-state index contributed by atoms with van der Waals surface area (Å²) in [5, 5.41) is 0. The predicted molar refractivity (Wildman–Crippen MR) is 81.4 cm³/mol. The van der Waals surface area contributed by atoms with Gasteiger partial charge in [-0.2, -0.15) is 11.8 Å². The van der Waals surface area contributed by atoms with E-state index in [1.165, 1.54) is 17.1 Å². The zero-order valence-corrected chi connectivity index (χ0v) is 13.0. The van der Waals surface area contributed by atoms with Crippen LogP contribution in [0.2, 0.25) is 0 Å². The van der Waals surface area contributed by atoms with Crippen LogP contribution in [0.15, 0.2) is 22.7 Å². The zero-order valence-electron chi connectivity index (χ0n) is 10.6. The number of benzene rings is 1. The highest BCUT2D eigenvalue weighted by Crippen LogP contribution is 2.30. The fourth-order valence-electron chi connectivity index (χ4n) is 2.28. The number of methoxy groups -OCH3 is 1. The number of halogens is 1. The maximum absolute atomic E-state index is 5.96. The molecule has 18 heavy (non-hydrogen) atoms. The molecule has 1 unspecified atom stereocenters. The van der Waals surface area contributed by atoms with Crippen LogP contribution in [0.25, 0.3) is 0 Å². The molecule has 0 saturated carbocycles. The number of rotatable bonds is 4. The number of thioether (sulfide) groups is 1. The standard InChI is InChI=1S/C13H19BrN2OS/c1-17-13-3-2-10(8-11(13)14)12(9-15)16-4-6-18-7-5-16/h2-3,8,12H,4-7,9,15H2,1H3. The smallest absolute Gasteiger partial charge is 0.133 e. The quantitative estimate of drug-likeness (QED) is 0.920. The summed E-state index contributed by atoms with van der Waals surface area (Å²) >= 11 is 5.56. The first-order valence-corrected chi connectivity index (χ1v) is 8.06. The van der Waals surface area contributed by atoms with Gasteiger partial charge in [0, 0.05) is 37.2 Å². The molecule has 1 aliphatic heterocycles. The maximum Gasteiger partial charge on any atom is 0.133 e. The van der Waals surface area contributed by atoms with Gasteiger partial charge in [-0.15, -0.1) is 0 Å². The van der Waals surface area contributed by atoms with Gasteiger partial charge in [0.2, 0.25) is 0 Å². The SMILES string of the molecule is COc1ccc(C(CN)N2CCSCC2)cc1Br. The van der Waals surface area contributed by atoms with E-state index in [4.69, 9.17) is 10.5 Å². The number of ether oxygens (including phenoxy) is 1. The molecule has 100 valence electrons. The Labute approximate surface area is 121 Å². The number of nitrogens with two attached hydrogens (primary N) is 1. The van der Waals surface area contributed by atoms with Crippen LogP contribution >= 0.6 is 27.7 Å². The van der Waals surface area contributed by atoms with Gasteiger partial charge in [0.15, 0.2) is 0 Å². The van der Waals surface area contributed by atoms with Crippen molar-refractivity contribution in [3.8, 4) is 5.75 Å². The van der Waals surface area contributed by atoms with Crippen molar-refractivity contribution in [2.45, 2.75) is 6.04 Å². The average molecular weight is 331 g/mol. The van der Waals surface area contributed by atoms with E-state index in [0.717, 1.165) is 23.3 Å². The second kappa shape index (κ2) is 6.80. The highest BCUT2D eigenvalue weighted by molar-refractivity contribution is 9.10. The van der Waals surface area contributed by atoms with Crippen LogP contribution in [0.1, 0.15) is 11.6 Å². The monoisotopic (exact) mass is 330 g/mol. The first-order valence-electron chi connectivity index (χ1n) is 6.11. The first-order chi connectivity index (χ1) is 8.76. The molecule has 1 atom stereocenters. The van der Waals surface area contributed by atoms with Gasteiger partial charge in [0.1, 0.15) is 5.75 Å². The van der Waals surface area contributed by atoms with Gasteiger partial charge in [-0.1, -0.05) is 6.07 Å². The molecule has 0 aliphatic carbocycles. The Morgan fingerprint density at radius 2 is 2.17 bits per heavy atom. The Morgan fingerprint density at radius 3 is 2.72 bits per heavy atom. The Bertz CT molecular complexity index is 397. The van der Waals surface area contributed by atoms with Crippen molar-refractivity contribution in [1.29, 1.82) is 0 Å². The van der Waals surface area contributed by atoms with Crippen LogP contribution in [0, 0.1) is 0 Å². The van der Waals surface area contributed by atoms with Crippen molar-refractivity contribution in [2.24, 2.45) is 5.73 Å². The van der Waals surface area contributed by atoms with Gasteiger partial charge in [-0.3, -0.25) is 4.90 Å². The third kappa shape index (κ3) is 3.20. The molecule has 0 aromatic heterocycles. The second-order valence-electron chi connectivity index (χ2n) is 4.29. The molecule has 3 nitrogen and oxygen atoms in total. The topological polar surface area (TPSA) is 38.5 Å². The van der Waals surface area contributed by atoms with Crippen LogP contribution in [-0.4, -0.2) is 43.1 Å². The van der Waals surface area contributed by atoms with Gasteiger partial charge in [0.25, 0.3) is 0 Å². The summed E-state index contributed by atoms with van der Waals surface area (Å²) in [5.74, 6) is 3.27. The molecule has 0 amide bonds. The Kier molecular flexibility index (Phi) is 5.36. The van der Waals surface area contributed by atoms with E-state index in [0.29, 0.717) is 12.6 Å². The van der Waals surface area contributed by atoms with Crippen LogP contribution in [0.5, 0.6) is 5.75 Å². The largest absolute Gasteiger partial charge is 0.496 e. The van der Waals surface area contributed by atoms with E-state index in [1.54, 1.807) is 7.11 Å². The normalized spacial score (nSPS) is 18.6. The van der Waals surface area contributed by atoms with Crippen molar-refractivity contribution < 1.29 is 4.74 Å². The Morgan fingerprint density at radius 1 is 1.44 bits per heavy atom. The summed E-state index contributed by atoms with van der Waals surface area (Å²) in [4.78, 5) is 2.48. The lowest BCUT2D eigenvalue weighted by atomic mass is 10.1. The molecule has 1 saturated heterocycles. The van der Waals surface area contributed by atoms with E-state index in [2.05, 4.69) is 33.0 Å². The van der Waals surface area contributed by atoms with Crippen LogP contribution < -0.4 is 10.5 Å². The molecule has 1 fully saturated rings. The summed E-state index contributed by atoms with van der Waals surface area (Å²) in [5.41, 5.74) is 7.22. The Balaban J connectivity index is 2.18. The molecule has 1 aromatic carbocycles. The third-order valence-electron chi connectivity index (χ3n) is 3.27. The van der Waals surface area contributed by atoms with Crippen LogP contribution in [-0.2, 0) is 0 Å². The molecule has 1 aliphatic rings. The van der Waals surface area contributed by atoms with Crippen LogP contribution in [0.4, 0.5) is 0 Å². The van der Waals surface area contributed by atoms with E-state index in [9.17, 15) is 0 Å². The fraction of sp³-hybridized carbons (Fsp3) is 0.538. The summed E-state index contributed by atoms with van der Waals surface area (Å²) in [6.45, 7) is 2.90. The Hall–Kier alpha value is -0.230. The molecule has 2 rings (SSSR count). The highest BCUT2D eigenvalue weighted by Gasteiger charge is 2.21. The zero-order chi connectivity index (χ0) is 13.0. The summed E-state index contributed by atoms with van der Waals surface area (Å²) in [6.07, 6.45) is 0. The number of nitrogens with zero attached hydrogens (tertiary/aromatic N) is 1. The molecular formula is C13H19BrN2OS. The lowest BCUT2D eigenvalue weighted by Crippen LogP contribution is -2.39. The van der Waals surface area contributed by atoms with Crippen LogP contribution in [0.3, 0.4) is 0 Å². The third-order valence-corrected chi connectivity index (χ3v) is 4.83. The fourth-order valence-corrected chi connectivity index (χ4v) is 3.76. The highest BCUT2D eigenvalue weighted by atomic mass is 79.9. The minimum atomic E-state index is 0.313. The first kappa shape index (κ1) is 14.2. The minimum Gasteiger partial charge on any atom is -0.496 e. The maximum atomic E-state index is 5.96. The molecule has 5 heteroatoms.